The number of imide groups is 1. The first kappa shape index (κ1) is 34.6. The standard InChI is InChI=1S/C41H39N5O6S/c1-25-10-13-29(14-11-25)53(51,52)46-20-18-31-36(24-47)43-35-15-12-28(22-32(35)39(31)46)27-7-2-5-26(21-27)6-4-19-42-34-9-3-8-30-33(34)23-45(41(30)50)37-16-17-38(48)44-40(37)49/h2-3,5,7-15,21-22,31,36-37,39,42-43,47H,16-20,23-24H2,1H3,(H,44,48,49)/t31-,36+,37?,39-/m1/s1. The first-order valence-electron chi connectivity index (χ1n) is 17.8. The Morgan fingerprint density at radius 1 is 0.943 bits per heavy atom. The van der Waals surface area contributed by atoms with Gasteiger partial charge in [0.15, 0.2) is 0 Å². The van der Waals surface area contributed by atoms with Crippen molar-refractivity contribution in [2.24, 2.45) is 5.92 Å². The Kier molecular flexibility index (Phi) is 9.02. The van der Waals surface area contributed by atoms with Crippen molar-refractivity contribution < 1.29 is 27.9 Å². The van der Waals surface area contributed by atoms with Crippen LogP contribution < -0.4 is 16.0 Å². The molecule has 4 atom stereocenters. The summed E-state index contributed by atoms with van der Waals surface area (Å²) in [6, 6.07) is 24.9. The van der Waals surface area contributed by atoms with E-state index in [0.717, 1.165) is 44.8 Å². The van der Waals surface area contributed by atoms with Crippen LogP contribution in [0.1, 0.15) is 57.9 Å². The second-order valence-electron chi connectivity index (χ2n) is 14.0. The van der Waals surface area contributed by atoms with Gasteiger partial charge >= 0.3 is 0 Å². The summed E-state index contributed by atoms with van der Waals surface area (Å²) in [5, 5.41) is 19.4. The molecule has 4 aromatic carbocycles. The van der Waals surface area contributed by atoms with Crippen LogP contribution in [0.5, 0.6) is 0 Å². The number of carbonyl (C=O) groups excluding carboxylic acids is 3. The Labute approximate surface area is 308 Å². The lowest BCUT2D eigenvalue weighted by Crippen LogP contribution is -2.52. The van der Waals surface area contributed by atoms with E-state index in [0.29, 0.717) is 31.5 Å². The van der Waals surface area contributed by atoms with Crippen molar-refractivity contribution in [3.63, 3.8) is 0 Å². The van der Waals surface area contributed by atoms with Gasteiger partial charge in [-0.3, -0.25) is 19.7 Å². The van der Waals surface area contributed by atoms with Gasteiger partial charge in [-0.25, -0.2) is 8.42 Å². The van der Waals surface area contributed by atoms with Gasteiger partial charge in [0, 0.05) is 53.5 Å². The number of carbonyl (C=O) groups is 3. The number of anilines is 2. The molecule has 3 amide bonds. The SMILES string of the molecule is Cc1ccc(S(=O)(=O)N2CC[C@@H]3[C@H](CO)Nc4ccc(-c5cccc(C#CCNc6cccc7c6CN(C6CCC(=O)NC6=O)C7=O)c5)cc4[C@@H]32)cc1. The molecule has 0 spiro atoms. The molecule has 2 saturated heterocycles. The number of aliphatic hydroxyl groups excluding tert-OH is 1. The molecule has 4 aliphatic heterocycles. The molecule has 2 fully saturated rings. The summed E-state index contributed by atoms with van der Waals surface area (Å²) >= 11 is 0. The van der Waals surface area contributed by atoms with Gasteiger partial charge in [0.1, 0.15) is 6.04 Å². The quantitative estimate of drug-likeness (QED) is 0.162. The van der Waals surface area contributed by atoms with Crippen LogP contribution in [0.15, 0.2) is 89.8 Å². The normalized spacial score (nSPS) is 22.2. The number of benzene rings is 4. The third kappa shape index (κ3) is 6.35. The first-order valence-corrected chi connectivity index (χ1v) is 19.3. The first-order chi connectivity index (χ1) is 25.6. The number of rotatable bonds is 7. The van der Waals surface area contributed by atoms with Crippen LogP contribution in [0.4, 0.5) is 11.4 Å². The van der Waals surface area contributed by atoms with Crippen LogP contribution in [-0.4, -0.2) is 72.2 Å². The minimum absolute atomic E-state index is 0.0860. The fourth-order valence-corrected chi connectivity index (χ4v) is 9.79. The Morgan fingerprint density at radius 3 is 2.53 bits per heavy atom. The zero-order chi connectivity index (χ0) is 36.9. The molecule has 4 aliphatic rings. The van der Waals surface area contributed by atoms with Crippen LogP contribution in [0, 0.1) is 24.7 Å². The molecule has 4 heterocycles. The highest BCUT2D eigenvalue weighted by molar-refractivity contribution is 7.89. The fourth-order valence-electron chi connectivity index (χ4n) is 8.13. The number of hydrogen-bond donors (Lipinski definition) is 4. The van der Waals surface area contributed by atoms with E-state index in [1.165, 1.54) is 4.90 Å². The van der Waals surface area contributed by atoms with E-state index in [9.17, 15) is 27.9 Å². The number of aliphatic hydroxyl groups is 1. The van der Waals surface area contributed by atoms with Crippen molar-refractivity contribution in [1.82, 2.24) is 14.5 Å². The van der Waals surface area contributed by atoms with Crippen LogP contribution in [-0.2, 0) is 26.2 Å². The maximum atomic E-state index is 14.0. The van der Waals surface area contributed by atoms with Crippen LogP contribution in [0.3, 0.4) is 0 Å². The Morgan fingerprint density at radius 2 is 1.74 bits per heavy atom. The smallest absolute Gasteiger partial charge is 0.255 e. The number of fused-ring (bicyclic) bond motifs is 4. The van der Waals surface area contributed by atoms with Crippen LogP contribution >= 0.6 is 0 Å². The molecule has 12 heteroatoms. The largest absolute Gasteiger partial charge is 0.394 e. The highest BCUT2D eigenvalue weighted by Gasteiger charge is 2.48. The molecular formula is C41H39N5O6S. The summed E-state index contributed by atoms with van der Waals surface area (Å²) in [5.41, 5.74) is 7.46. The lowest BCUT2D eigenvalue weighted by atomic mass is 9.82. The van der Waals surface area contributed by atoms with Crippen molar-refractivity contribution in [3.05, 3.63) is 113 Å². The van der Waals surface area contributed by atoms with Gasteiger partial charge in [0.05, 0.1) is 30.1 Å². The summed E-state index contributed by atoms with van der Waals surface area (Å²) in [5.74, 6) is 5.34. The molecule has 0 bridgehead atoms. The summed E-state index contributed by atoms with van der Waals surface area (Å²) in [4.78, 5) is 39.1. The number of nitrogens with zero attached hydrogens (tertiary/aromatic N) is 2. The number of aryl methyl sites for hydroxylation is 1. The number of sulfonamides is 1. The molecule has 4 N–H and O–H groups in total. The lowest BCUT2D eigenvalue weighted by molar-refractivity contribution is -0.136. The zero-order valence-electron chi connectivity index (χ0n) is 29.1. The number of hydrogen-bond acceptors (Lipinski definition) is 8. The zero-order valence-corrected chi connectivity index (χ0v) is 29.9. The molecule has 0 aromatic heterocycles. The molecule has 0 aliphatic carbocycles. The van der Waals surface area contributed by atoms with E-state index < -0.39 is 28.0 Å². The Balaban J connectivity index is 1.00. The molecule has 270 valence electrons. The highest BCUT2D eigenvalue weighted by Crippen LogP contribution is 2.49. The van der Waals surface area contributed by atoms with Gasteiger partial charge in [-0.1, -0.05) is 53.8 Å². The maximum Gasteiger partial charge on any atom is 0.255 e. The second kappa shape index (κ2) is 13.8. The number of nitrogens with one attached hydrogen (secondary N) is 3. The van der Waals surface area contributed by atoms with Crippen molar-refractivity contribution in [3.8, 4) is 23.0 Å². The molecule has 8 rings (SSSR count). The monoisotopic (exact) mass is 729 g/mol. The summed E-state index contributed by atoms with van der Waals surface area (Å²) in [7, 11) is -3.78. The van der Waals surface area contributed by atoms with E-state index in [1.807, 2.05) is 61.5 Å². The van der Waals surface area contributed by atoms with Crippen LogP contribution in [0.2, 0.25) is 0 Å². The molecule has 53 heavy (non-hydrogen) atoms. The molecule has 1 unspecified atom stereocenters. The molecule has 11 nitrogen and oxygen atoms in total. The summed E-state index contributed by atoms with van der Waals surface area (Å²) in [6.45, 7) is 2.79. The van der Waals surface area contributed by atoms with Crippen molar-refractivity contribution in [1.29, 1.82) is 0 Å². The van der Waals surface area contributed by atoms with E-state index in [1.54, 1.807) is 28.6 Å². The lowest BCUT2D eigenvalue weighted by Gasteiger charge is -2.39. The predicted octanol–water partition coefficient (Wildman–Crippen LogP) is 4.42. The minimum atomic E-state index is -3.78. The second-order valence-corrected chi connectivity index (χ2v) is 15.9. The topological polar surface area (TPSA) is 148 Å². The van der Waals surface area contributed by atoms with E-state index in [-0.39, 0.29) is 48.2 Å². The summed E-state index contributed by atoms with van der Waals surface area (Å²) < 4.78 is 29.6. The van der Waals surface area contributed by atoms with E-state index in [4.69, 9.17) is 0 Å². The van der Waals surface area contributed by atoms with Gasteiger partial charge < -0.3 is 20.6 Å². The Hall–Kier alpha value is -5.48. The predicted molar refractivity (Wildman–Crippen MR) is 200 cm³/mol. The molecule has 0 radical (unpaired) electrons. The fraction of sp³-hybridized carbons (Fsp3) is 0.293. The van der Waals surface area contributed by atoms with E-state index >= 15 is 0 Å². The van der Waals surface area contributed by atoms with Gasteiger partial charge in [-0.15, -0.1) is 0 Å². The highest BCUT2D eigenvalue weighted by atomic mass is 32.2. The Bertz CT molecular complexity index is 2310. The van der Waals surface area contributed by atoms with Crippen molar-refractivity contribution in [2.75, 3.05) is 30.3 Å². The van der Waals surface area contributed by atoms with Gasteiger partial charge in [-0.05, 0) is 85.0 Å². The number of amides is 3. The molecular weight excluding hydrogens is 691 g/mol. The minimum Gasteiger partial charge on any atom is -0.394 e. The van der Waals surface area contributed by atoms with Crippen LogP contribution in [0.25, 0.3) is 11.1 Å². The van der Waals surface area contributed by atoms with Crippen molar-refractivity contribution in [2.45, 2.75) is 55.8 Å². The molecule has 0 saturated carbocycles. The van der Waals surface area contributed by atoms with Crippen molar-refractivity contribution >= 4 is 39.1 Å². The summed E-state index contributed by atoms with van der Waals surface area (Å²) in [6.07, 6.45) is 1.14. The van der Waals surface area contributed by atoms with Gasteiger partial charge in [0.25, 0.3) is 5.91 Å². The average molecular weight is 730 g/mol. The van der Waals surface area contributed by atoms with Gasteiger partial charge in [-0.2, -0.15) is 4.31 Å². The van der Waals surface area contributed by atoms with Gasteiger partial charge in [0.2, 0.25) is 21.8 Å². The molecule has 4 aromatic rings. The average Bonchev–Trinajstić information content (AvgIpc) is 3.76. The maximum absolute atomic E-state index is 14.0. The third-order valence-corrected chi connectivity index (χ3v) is 12.7. The van der Waals surface area contributed by atoms with E-state index in [2.05, 4.69) is 33.9 Å². The third-order valence-electron chi connectivity index (χ3n) is 10.8. The number of piperidine rings is 1.